The number of rotatable bonds is 6. The molecular formula is C14H22N4O2. The molecule has 1 saturated heterocycles. The van der Waals surface area contributed by atoms with E-state index in [-0.39, 0.29) is 11.9 Å². The second-order valence-electron chi connectivity index (χ2n) is 4.86. The normalized spacial score (nSPS) is 18.9. The van der Waals surface area contributed by atoms with E-state index < -0.39 is 0 Å². The van der Waals surface area contributed by atoms with Gasteiger partial charge in [-0.1, -0.05) is 0 Å². The first kappa shape index (κ1) is 14.7. The van der Waals surface area contributed by atoms with Gasteiger partial charge in [-0.05, 0) is 19.8 Å². The van der Waals surface area contributed by atoms with Crippen molar-refractivity contribution in [3.63, 3.8) is 0 Å². The third kappa shape index (κ3) is 4.45. The highest BCUT2D eigenvalue weighted by Crippen LogP contribution is 2.16. The molecule has 1 aliphatic heterocycles. The van der Waals surface area contributed by atoms with Gasteiger partial charge in [0.2, 0.25) is 5.91 Å². The summed E-state index contributed by atoms with van der Waals surface area (Å²) in [6, 6.07) is 0.180. The minimum absolute atomic E-state index is 0.0597. The fraction of sp³-hybridized carbons (Fsp3) is 0.643. The van der Waals surface area contributed by atoms with Crippen LogP contribution in [0.15, 0.2) is 18.6 Å². The van der Waals surface area contributed by atoms with Gasteiger partial charge >= 0.3 is 0 Å². The first-order valence-corrected chi connectivity index (χ1v) is 7.17. The summed E-state index contributed by atoms with van der Waals surface area (Å²) in [6.07, 6.45) is 7.61. The molecule has 110 valence electrons. The Hall–Kier alpha value is -1.69. The first-order chi connectivity index (χ1) is 9.79. The van der Waals surface area contributed by atoms with Gasteiger partial charge in [-0.2, -0.15) is 0 Å². The van der Waals surface area contributed by atoms with Gasteiger partial charge in [0, 0.05) is 44.6 Å². The van der Waals surface area contributed by atoms with Gasteiger partial charge in [-0.3, -0.25) is 9.78 Å². The van der Waals surface area contributed by atoms with Gasteiger partial charge in [0.25, 0.3) is 0 Å². The molecule has 20 heavy (non-hydrogen) atoms. The van der Waals surface area contributed by atoms with Crippen LogP contribution in [0.5, 0.6) is 0 Å². The van der Waals surface area contributed by atoms with Gasteiger partial charge in [0.1, 0.15) is 5.82 Å². The third-order valence-corrected chi connectivity index (χ3v) is 3.34. The molecule has 6 nitrogen and oxygen atoms in total. The first-order valence-electron chi connectivity index (χ1n) is 7.17. The average Bonchev–Trinajstić information content (AvgIpc) is 2.49. The fourth-order valence-corrected chi connectivity index (χ4v) is 2.37. The monoisotopic (exact) mass is 278 g/mol. The Bertz CT molecular complexity index is 413. The van der Waals surface area contributed by atoms with Gasteiger partial charge in [-0.25, -0.2) is 4.98 Å². The van der Waals surface area contributed by atoms with E-state index in [2.05, 4.69) is 20.2 Å². The van der Waals surface area contributed by atoms with E-state index in [1.165, 1.54) is 0 Å². The second-order valence-corrected chi connectivity index (χ2v) is 4.86. The number of carbonyl (C=O) groups is 1. The quantitative estimate of drug-likeness (QED) is 0.786. The van der Waals surface area contributed by atoms with Crippen LogP contribution in [-0.2, 0) is 9.53 Å². The molecule has 0 bridgehead atoms. The van der Waals surface area contributed by atoms with Crippen molar-refractivity contribution < 1.29 is 9.53 Å². The molecule has 0 unspecified atom stereocenters. The number of nitrogens with one attached hydrogen (secondary N) is 1. The molecule has 0 aromatic carbocycles. The van der Waals surface area contributed by atoms with Crippen LogP contribution in [0.25, 0.3) is 0 Å². The van der Waals surface area contributed by atoms with Gasteiger partial charge in [0.15, 0.2) is 0 Å². The van der Waals surface area contributed by atoms with Crippen molar-refractivity contribution in [1.82, 2.24) is 15.3 Å². The number of anilines is 1. The number of ether oxygens (including phenoxy) is 1. The topological polar surface area (TPSA) is 67.3 Å². The Kier molecular flexibility index (Phi) is 5.73. The summed E-state index contributed by atoms with van der Waals surface area (Å²) in [5.74, 6) is 0.935. The van der Waals surface area contributed by atoms with Crippen LogP contribution in [0.2, 0.25) is 0 Å². The summed E-state index contributed by atoms with van der Waals surface area (Å²) < 4.78 is 5.19. The Morgan fingerprint density at radius 3 is 3.20 bits per heavy atom. The summed E-state index contributed by atoms with van der Waals surface area (Å²) in [7, 11) is 0. The fourth-order valence-electron chi connectivity index (χ4n) is 2.37. The third-order valence-electron chi connectivity index (χ3n) is 3.34. The summed E-state index contributed by atoms with van der Waals surface area (Å²) in [5, 5.41) is 3.07. The molecule has 1 amide bonds. The second kappa shape index (κ2) is 7.79. The molecule has 0 radical (unpaired) electrons. The Morgan fingerprint density at radius 1 is 1.55 bits per heavy atom. The summed E-state index contributed by atoms with van der Waals surface area (Å²) in [5.41, 5.74) is 0. The zero-order valence-corrected chi connectivity index (χ0v) is 11.9. The Morgan fingerprint density at radius 2 is 2.45 bits per heavy atom. The highest BCUT2D eigenvalue weighted by atomic mass is 16.5. The van der Waals surface area contributed by atoms with Crippen molar-refractivity contribution in [2.75, 3.05) is 31.2 Å². The number of carbonyl (C=O) groups excluding carboxylic acids is 1. The lowest BCUT2D eigenvalue weighted by Crippen LogP contribution is -2.48. The predicted molar refractivity (Wildman–Crippen MR) is 76.5 cm³/mol. The van der Waals surface area contributed by atoms with Crippen LogP contribution in [0.3, 0.4) is 0 Å². The SMILES string of the molecule is CCOCCC(=O)N[C@H]1CCCN(c2cnccn2)C1. The van der Waals surface area contributed by atoms with E-state index in [0.29, 0.717) is 19.6 Å². The van der Waals surface area contributed by atoms with Crippen molar-refractivity contribution in [1.29, 1.82) is 0 Å². The smallest absolute Gasteiger partial charge is 0.222 e. The van der Waals surface area contributed by atoms with Crippen molar-refractivity contribution >= 4 is 11.7 Å². The molecule has 1 aromatic rings. The zero-order valence-electron chi connectivity index (χ0n) is 11.9. The molecular weight excluding hydrogens is 256 g/mol. The van der Waals surface area contributed by atoms with Gasteiger partial charge in [-0.15, -0.1) is 0 Å². The molecule has 0 spiro atoms. The number of aromatic nitrogens is 2. The number of hydrogen-bond acceptors (Lipinski definition) is 5. The van der Waals surface area contributed by atoms with E-state index in [9.17, 15) is 4.79 Å². The Labute approximate surface area is 119 Å². The highest BCUT2D eigenvalue weighted by molar-refractivity contribution is 5.76. The standard InChI is InChI=1S/C14H22N4O2/c1-2-20-9-5-14(19)17-12-4-3-8-18(11-12)13-10-15-6-7-16-13/h6-7,10,12H,2-5,8-9,11H2,1H3,(H,17,19)/t12-/m0/s1. The van der Waals surface area contributed by atoms with E-state index >= 15 is 0 Å². The number of amides is 1. The van der Waals surface area contributed by atoms with Gasteiger partial charge in [0.05, 0.1) is 12.8 Å². The lowest BCUT2D eigenvalue weighted by Gasteiger charge is -2.33. The van der Waals surface area contributed by atoms with Crippen LogP contribution < -0.4 is 10.2 Å². The Balaban J connectivity index is 1.80. The average molecular weight is 278 g/mol. The minimum atomic E-state index is 0.0597. The number of nitrogens with zero attached hydrogens (tertiary/aromatic N) is 3. The maximum Gasteiger partial charge on any atom is 0.222 e. The van der Waals surface area contributed by atoms with E-state index in [1.54, 1.807) is 18.6 Å². The predicted octanol–water partition coefficient (Wildman–Crippen LogP) is 0.988. The summed E-state index contributed by atoms with van der Waals surface area (Å²) in [6.45, 7) is 4.82. The molecule has 1 atom stereocenters. The van der Waals surface area contributed by atoms with Crippen LogP contribution >= 0.6 is 0 Å². The molecule has 0 aliphatic carbocycles. The van der Waals surface area contributed by atoms with E-state index in [0.717, 1.165) is 31.7 Å². The zero-order chi connectivity index (χ0) is 14.2. The molecule has 1 aliphatic rings. The van der Waals surface area contributed by atoms with Crippen molar-refractivity contribution in [3.05, 3.63) is 18.6 Å². The largest absolute Gasteiger partial charge is 0.381 e. The molecule has 1 aromatic heterocycles. The molecule has 0 saturated carbocycles. The van der Waals surface area contributed by atoms with Crippen molar-refractivity contribution in [2.45, 2.75) is 32.2 Å². The van der Waals surface area contributed by atoms with Crippen molar-refractivity contribution in [3.8, 4) is 0 Å². The lowest BCUT2D eigenvalue weighted by molar-refractivity contribution is -0.122. The molecule has 1 fully saturated rings. The molecule has 6 heteroatoms. The summed E-state index contributed by atoms with van der Waals surface area (Å²) >= 11 is 0. The lowest BCUT2D eigenvalue weighted by atomic mass is 10.1. The van der Waals surface area contributed by atoms with Crippen molar-refractivity contribution in [2.24, 2.45) is 0 Å². The maximum absolute atomic E-state index is 11.8. The highest BCUT2D eigenvalue weighted by Gasteiger charge is 2.22. The van der Waals surface area contributed by atoms with Crippen LogP contribution in [-0.4, -0.2) is 48.2 Å². The van der Waals surface area contributed by atoms with Crippen LogP contribution in [0, 0.1) is 0 Å². The summed E-state index contributed by atoms with van der Waals surface area (Å²) in [4.78, 5) is 22.4. The van der Waals surface area contributed by atoms with Gasteiger partial charge < -0.3 is 15.0 Å². The maximum atomic E-state index is 11.8. The van der Waals surface area contributed by atoms with E-state index in [1.807, 2.05) is 6.92 Å². The minimum Gasteiger partial charge on any atom is -0.381 e. The molecule has 2 rings (SSSR count). The number of piperidine rings is 1. The number of hydrogen-bond donors (Lipinski definition) is 1. The molecule has 1 N–H and O–H groups in total. The van der Waals surface area contributed by atoms with Crippen LogP contribution in [0.4, 0.5) is 5.82 Å². The van der Waals surface area contributed by atoms with Crippen LogP contribution in [0.1, 0.15) is 26.2 Å². The van der Waals surface area contributed by atoms with E-state index in [4.69, 9.17) is 4.74 Å². The molecule has 2 heterocycles.